The maximum Gasteiger partial charge on any atom is 0.338 e. The van der Waals surface area contributed by atoms with Crippen LogP contribution in [0, 0.1) is 0 Å². The van der Waals surface area contributed by atoms with E-state index in [9.17, 15) is 9.90 Å². The molecule has 1 N–H and O–H groups in total. The number of aryl methyl sites for hydroxylation is 1. The molecule has 10 nitrogen and oxygen atoms in total. The Kier molecular flexibility index (Phi) is 5.11. The summed E-state index contributed by atoms with van der Waals surface area (Å²) >= 11 is 0. The van der Waals surface area contributed by atoms with E-state index in [1.54, 1.807) is 17.8 Å². The Bertz CT molecular complexity index is 1120. The van der Waals surface area contributed by atoms with Crippen LogP contribution in [0.1, 0.15) is 42.8 Å². The van der Waals surface area contributed by atoms with Crippen molar-refractivity contribution in [1.82, 2.24) is 24.5 Å². The Balaban J connectivity index is 1.62. The van der Waals surface area contributed by atoms with Gasteiger partial charge < -0.3 is 19.5 Å². The summed E-state index contributed by atoms with van der Waals surface area (Å²) < 4.78 is 14.8. The number of carboxylic acids is 1. The molecule has 0 spiro atoms. The number of pyridine rings is 1. The number of carboxylic acid groups (broad SMARTS) is 1. The molecule has 0 bridgehead atoms. The predicted octanol–water partition coefficient (Wildman–Crippen LogP) is 2.45. The van der Waals surface area contributed by atoms with Crippen LogP contribution >= 0.6 is 0 Å². The van der Waals surface area contributed by atoms with Gasteiger partial charge in [0.25, 0.3) is 0 Å². The second-order valence-corrected chi connectivity index (χ2v) is 8.12. The van der Waals surface area contributed by atoms with Gasteiger partial charge in [0, 0.05) is 26.4 Å². The highest BCUT2D eigenvalue weighted by Gasteiger charge is 2.27. The molecule has 0 radical (unpaired) electrons. The molecule has 1 unspecified atom stereocenters. The van der Waals surface area contributed by atoms with Gasteiger partial charge in [0.05, 0.1) is 24.8 Å². The molecule has 164 valence electrons. The average molecular weight is 426 g/mol. The molecule has 3 aromatic heterocycles. The number of ether oxygens (including phenoxy) is 2. The number of nitrogens with zero attached hydrogens (tertiary/aromatic N) is 6. The van der Waals surface area contributed by atoms with Gasteiger partial charge in [0.15, 0.2) is 0 Å². The van der Waals surface area contributed by atoms with Gasteiger partial charge in [0.2, 0.25) is 0 Å². The number of aromatic nitrogens is 5. The minimum absolute atomic E-state index is 0.0789. The first-order valence-electron chi connectivity index (χ1n) is 10.7. The first-order chi connectivity index (χ1) is 15.0. The highest BCUT2D eigenvalue weighted by molar-refractivity contribution is 6.05. The van der Waals surface area contributed by atoms with Crippen LogP contribution < -0.4 is 4.90 Å². The van der Waals surface area contributed by atoms with E-state index in [0.717, 1.165) is 25.9 Å². The molecule has 2 saturated heterocycles. The van der Waals surface area contributed by atoms with Gasteiger partial charge in [-0.25, -0.2) is 14.5 Å². The maximum atomic E-state index is 12.1. The van der Waals surface area contributed by atoms with Gasteiger partial charge in [-0.1, -0.05) is 0 Å². The summed E-state index contributed by atoms with van der Waals surface area (Å²) in [7, 11) is 1.73. The van der Waals surface area contributed by atoms with Crippen molar-refractivity contribution >= 4 is 22.8 Å². The van der Waals surface area contributed by atoms with Crippen LogP contribution in [0.15, 0.2) is 18.3 Å². The lowest BCUT2D eigenvalue weighted by atomic mass is 10.1. The average Bonchev–Trinajstić information content (AvgIpc) is 3.39. The number of morpholine rings is 1. The van der Waals surface area contributed by atoms with Gasteiger partial charge in [-0.15, -0.1) is 0 Å². The zero-order chi connectivity index (χ0) is 21.5. The van der Waals surface area contributed by atoms with E-state index in [0.29, 0.717) is 48.0 Å². The Hall–Kier alpha value is -2.98. The molecule has 2 fully saturated rings. The van der Waals surface area contributed by atoms with Crippen molar-refractivity contribution < 1.29 is 19.4 Å². The monoisotopic (exact) mass is 426 g/mol. The number of fused-ring (bicyclic) bond motifs is 1. The highest BCUT2D eigenvalue weighted by Crippen LogP contribution is 2.32. The normalized spacial score (nSPS) is 22.2. The summed E-state index contributed by atoms with van der Waals surface area (Å²) in [5, 5.41) is 19.2. The molecular formula is C21H26N6O4. The van der Waals surface area contributed by atoms with Crippen molar-refractivity contribution in [3.05, 3.63) is 23.9 Å². The zero-order valence-electron chi connectivity index (χ0n) is 17.7. The summed E-state index contributed by atoms with van der Waals surface area (Å²) in [5.41, 5.74) is 2.41. The van der Waals surface area contributed by atoms with Gasteiger partial charge in [-0.3, -0.25) is 4.68 Å². The molecule has 3 aromatic rings. The molecule has 10 heteroatoms. The summed E-state index contributed by atoms with van der Waals surface area (Å²) in [6.45, 7) is 4.59. The van der Waals surface area contributed by atoms with Crippen molar-refractivity contribution in [2.45, 2.75) is 38.5 Å². The van der Waals surface area contributed by atoms with Crippen LogP contribution in [-0.2, 0) is 16.5 Å². The third-order valence-electron chi connectivity index (χ3n) is 5.97. The van der Waals surface area contributed by atoms with E-state index < -0.39 is 5.97 Å². The van der Waals surface area contributed by atoms with Crippen molar-refractivity contribution in [3.8, 4) is 11.4 Å². The molecule has 2 aliphatic heterocycles. The number of rotatable bonds is 4. The van der Waals surface area contributed by atoms with Gasteiger partial charge in [0.1, 0.15) is 34.5 Å². The summed E-state index contributed by atoms with van der Waals surface area (Å²) in [6.07, 6.45) is 4.91. The SMILES string of the molecule is C[C@@H]1COCCN1c1cc(C(=O)O)c2c(n1)c(-c1ccn(C3CCCCO3)n1)nn2C. The molecule has 0 amide bonds. The maximum absolute atomic E-state index is 12.1. The van der Waals surface area contributed by atoms with Crippen LogP contribution in [0.3, 0.4) is 0 Å². The molecule has 2 aliphatic rings. The van der Waals surface area contributed by atoms with Crippen LogP contribution in [0.4, 0.5) is 5.82 Å². The Labute approximate surface area is 179 Å². The Morgan fingerprint density at radius 1 is 1.26 bits per heavy atom. The number of hydrogen-bond donors (Lipinski definition) is 1. The van der Waals surface area contributed by atoms with Crippen LogP contribution in [0.2, 0.25) is 0 Å². The standard InChI is InChI=1S/C21H26N6O4/c1-13-12-30-10-8-26(13)16-11-14(21(28)29)20-19(22-16)18(24-25(20)2)15-6-7-27(23-15)17-5-3-4-9-31-17/h6-7,11,13,17H,3-5,8-10,12H2,1-2H3,(H,28,29)/t13-,17?/m1/s1. The highest BCUT2D eigenvalue weighted by atomic mass is 16.5. The lowest BCUT2D eigenvalue weighted by molar-refractivity contribution is -0.0393. The molecule has 5 heterocycles. The van der Waals surface area contributed by atoms with E-state index in [1.807, 2.05) is 23.9 Å². The third kappa shape index (κ3) is 3.55. The van der Waals surface area contributed by atoms with E-state index in [4.69, 9.17) is 19.6 Å². The van der Waals surface area contributed by atoms with E-state index in [-0.39, 0.29) is 17.8 Å². The molecule has 0 saturated carbocycles. The summed E-state index contributed by atoms with van der Waals surface area (Å²) in [4.78, 5) is 19.0. The smallest absolute Gasteiger partial charge is 0.338 e. The molecule has 0 aliphatic carbocycles. The van der Waals surface area contributed by atoms with Crippen molar-refractivity contribution in [2.24, 2.45) is 7.05 Å². The lowest BCUT2D eigenvalue weighted by Crippen LogP contribution is -2.44. The van der Waals surface area contributed by atoms with Crippen molar-refractivity contribution in [3.63, 3.8) is 0 Å². The van der Waals surface area contributed by atoms with Gasteiger partial charge >= 0.3 is 5.97 Å². The van der Waals surface area contributed by atoms with Crippen molar-refractivity contribution in [2.75, 3.05) is 31.3 Å². The molecule has 0 aromatic carbocycles. The summed E-state index contributed by atoms with van der Waals surface area (Å²) in [6, 6.07) is 3.61. The fourth-order valence-corrected chi connectivity index (χ4v) is 4.37. The minimum Gasteiger partial charge on any atom is -0.478 e. The van der Waals surface area contributed by atoms with E-state index in [1.165, 1.54) is 0 Å². The second-order valence-electron chi connectivity index (χ2n) is 8.12. The topological polar surface area (TPSA) is 108 Å². The van der Waals surface area contributed by atoms with Crippen LogP contribution in [0.5, 0.6) is 0 Å². The third-order valence-corrected chi connectivity index (χ3v) is 5.97. The second kappa shape index (κ2) is 7.93. The Morgan fingerprint density at radius 2 is 2.13 bits per heavy atom. The minimum atomic E-state index is -1.01. The Morgan fingerprint density at radius 3 is 2.87 bits per heavy atom. The molecule has 31 heavy (non-hydrogen) atoms. The number of hydrogen-bond acceptors (Lipinski definition) is 7. The fourth-order valence-electron chi connectivity index (χ4n) is 4.37. The summed E-state index contributed by atoms with van der Waals surface area (Å²) in [5.74, 6) is -0.393. The predicted molar refractivity (Wildman–Crippen MR) is 113 cm³/mol. The van der Waals surface area contributed by atoms with Crippen LogP contribution in [-0.4, -0.2) is 68.0 Å². The molecule has 5 rings (SSSR count). The first kappa shape index (κ1) is 20.0. The fraction of sp³-hybridized carbons (Fsp3) is 0.524. The number of aromatic carboxylic acids is 1. The number of carbonyl (C=O) groups is 1. The van der Waals surface area contributed by atoms with E-state index in [2.05, 4.69) is 10.00 Å². The zero-order valence-corrected chi connectivity index (χ0v) is 17.7. The van der Waals surface area contributed by atoms with Gasteiger partial charge in [-0.2, -0.15) is 10.2 Å². The van der Waals surface area contributed by atoms with Crippen LogP contribution in [0.25, 0.3) is 22.4 Å². The molecule has 2 atom stereocenters. The van der Waals surface area contributed by atoms with Gasteiger partial charge in [-0.05, 0) is 38.3 Å². The largest absolute Gasteiger partial charge is 0.478 e. The number of anilines is 1. The lowest BCUT2D eigenvalue weighted by Gasteiger charge is -2.34. The first-order valence-corrected chi connectivity index (χ1v) is 10.7. The van der Waals surface area contributed by atoms with Crippen molar-refractivity contribution in [1.29, 1.82) is 0 Å². The van der Waals surface area contributed by atoms with E-state index >= 15 is 0 Å². The molecular weight excluding hydrogens is 400 g/mol. The quantitative estimate of drug-likeness (QED) is 0.678.